The zero-order valence-electron chi connectivity index (χ0n) is 14.5. The number of carbonyl (C=O) groups is 1. The minimum Gasteiger partial charge on any atom is -0.468 e. The molecule has 0 radical (unpaired) electrons. The van der Waals surface area contributed by atoms with Crippen molar-refractivity contribution in [2.45, 2.75) is 36.8 Å². The third kappa shape index (κ3) is 5.92. The smallest absolute Gasteiger partial charge is 0.416 e. The summed E-state index contributed by atoms with van der Waals surface area (Å²) < 4.78 is 49.3. The number of halogens is 3. The molecule has 26 heavy (non-hydrogen) atoms. The Morgan fingerprint density at radius 1 is 1.12 bits per heavy atom. The lowest BCUT2D eigenvalue weighted by Gasteiger charge is -2.13. The number of aldehydes is 1. The van der Waals surface area contributed by atoms with Gasteiger partial charge < -0.3 is 14.3 Å². The fraction of sp³-hybridized carbons (Fsp3) is 0.421. The maximum atomic E-state index is 13.0. The molecule has 0 saturated heterocycles. The Kier molecular flexibility index (Phi) is 7.78. The SMILES string of the molecule is COCOc1cc(SCCCCCC=O)c2ccc(C(F)(F)F)cc2c1. The number of rotatable bonds is 10. The molecule has 0 bridgehead atoms. The molecule has 2 aromatic rings. The summed E-state index contributed by atoms with van der Waals surface area (Å²) in [4.78, 5) is 11.2. The van der Waals surface area contributed by atoms with Crippen molar-refractivity contribution in [1.29, 1.82) is 0 Å². The van der Waals surface area contributed by atoms with Gasteiger partial charge in [0, 0.05) is 18.4 Å². The predicted molar refractivity (Wildman–Crippen MR) is 96.7 cm³/mol. The number of thioether (sulfide) groups is 1. The maximum Gasteiger partial charge on any atom is 0.416 e. The van der Waals surface area contributed by atoms with Gasteiger partial charge in [-0.2, -0.15) is 13.2 Å². The van der Waals surface area contributed by atoms with Crippen molar-refractivity contribution >= 4 is 28.8 Å². The summed E-state index contributed by atoms with van der Waals surface area (Å²) in [5, 5.41) is 1.25. The van der Waals surface area contributed by atoms with Gasteiger partial charge in [0.25, 0.3) is 0 Å². The third-order valence-corrected chi connectivity index (χ3v) is 4.92. The molecule has 0 aromatic heterocycles. The molecule has 0 heterocycles. The summed E-state index contributed by atoms with van der Waals surface area (Å²) in [5.74, 6) is 1.30. The van der Waals surface area contributed by atoms with Crippen LogP contribution in [0.1, 0.15) is 31.2 Å². The monoisotopic (exact) mass is 386 g/mol. The standard InChI is InChI=1S/C19H21F3O3S/c1-24-13-25-16-11-14-10-15(19(20,21)22)6-7-17(14)18(12-16)26-9-5-3-2-4-8-23/h6-8,10-12H,2-5,9,13H2,1H3. The first-order valence-corrected chi connectivity index (χ1v) is 9.27. The van der Waals surface area contributed by atoms with Crippen LogP contribution in [0.3, 0.4) is 0 Å². The Bertz CT molecular complexity index is 732. The van der Waals surface area contributed by atoms with E-state index in [1.165, 1.54) is 13.2 Å². The third-order valence-electron chi connectivity index (χ3n) is 3.78. The molecule has 7 heteroatoms. The predicted octanol–water partition coefficient (Wildman–Crippen LogP) is 5.69. The second-order valence-corrected chi connectivity index (χ2v) is 6.91. The van der Waals surface area contributed by atoms with E-state index in [1.807, 2.05) is 6.07 Å². The van der Waals surface area contributed by atoms with Crippen LogP contribution < -0.4 is 4.74 Å². The second-order valence-electron chi connectivity index (χ2n) is 5.77. The van der Waals surface area contributed by atoms with E-state index in [1.54, 1.807) is 17.8 Å². The first-order valence-electron chi connectivity index (χ1n) is 8.29. The number of ether oxygens (including phenoxy) is 2. The largest absolute Gasteiger partial charge is 0.468 e. The van der Waals surface area contributed by atoms with Gasteiger partial charge in [-0.1, -0.05) is 12.5 Å². The average molecular weight is 386 g/mol. The van der Waals surface area contributed by atoms with Crippen LogP contribution in [0, 0.1) is 0 Å². The van der Waals surface area contributed by atoms with E-state index in [0.717, 1.165) is 53.7 Å². The van der Waals surface area contributed by atoms with Crippen molar-refractivity contribution in [2.75, 3.05) is 19.7 Å². The van der Waals surface area contributed by atoms with Crippen LogP contribution in [-0.4, -0.2) is 25.9 Å². The molecule has 142 valence electrons. The van der Waals surface area contributed by atoms with E-state index in [2.05, 4.69) is 0 Å². The number of methoxy groups -OCH3 is 1. The molecule has 3 nitrogen and oxygen atoms in total. The summed E-state index contributed by atoms with van der Waals surface area (Å²) in [7, 11) is 1.48. The normalized spacial score (nSPS) is 11.7. The molecule has 0 fully saturated rings. The van der Waals surface area contributed by atoms with Crippen molar-refractivity contribution < 1.29 is 27.4 Å². The Balaban J connectivity index is 2.23. The van der Waals surface area contributed by atoms with Crippen molar-refractivity contribution in [3.05, 3.63) is 35.9 Å². The summed E-state index contributed by atoms with van der Waals surface area (Å²) in [5.41, 5.74) is -0.682. The second kappa shape index (κ2) is 9.83. The van der Waals surface area contributed by atoms with Gasteiger partial charge in [0.1, 0.15) is 12.0 Å². The average Bonchev–Trinajstić information content (AvgIpc) is 2.61. The van der Waals surface area contributed by atoms with E-state index >= 15 is 0 Å². The van der Waals surface area contributed by atoms with Gasteiger partial charge in [-0.3, -0.25) is 0 Å². The maximum absolute atomic E-state index is 13.0. The zero-order chi connectivity index (χ0) is 19.0. The van der Waals surface area contributed by atoms with Gasteiger partial charge in [0.05, 0.1) is 5.56 Å². The highest BCUT2D eigenvalue weighted by atomic mass is 32.2. The van der Waals surface area contributed by atoms with E-state index in [9.17, 15) is 18.0 Å². The minimum absolute atomic E-state index is 0.0280. The van der Waals surface area contributed by atoms with Crippen LogP contribution in [-0.2, 0) is 15.7 Å². The first kappa shape index (κ1) is 20.6. The number of alkyl halides is 3. The van der Waals surface area contributed by atoms with Gasteiger partial charge in [-0.25, -0.2) is 0 Å². The lowest BCUT2D eigenvalue weighted by Crippen LogP contribution is -2.04. The van der Waals surface area contributed by atoms with Crippen LogP contribution in [0.15, 0.2) is 35.2 Å². The van der Waals surface area contributed by atoms with Gasteiger partial charge in [-0.05, 0) is 53.6 Å². The fourth-order valence-electron chi connectivity index (χ4n) is 2.50. The van der Waals surface area contributed by atoms with E-state index in [-0.39, 0.29) is 6.79 Å². The number of unbranched alkanes of at least 4 members (excludes halogenated alkanes) is 3. The van der Waals surface area contributed by atoms with Crippen molar-refractivity contribution in [3.63, 3.8) is 0 Å². The van der Waals surface area contributed by atoms with E-state index in [0.29, 0.717) is 17.6 Å². The molecule has 0 unspecified atom stereocenters. The lowest BCUT2D eigenvalue weighted by molar-refractivity contribution is -0.137. The molecule has 0 aliphatic rings. The Morgan fingerprint density at radius 3 is 2.62 bits per heavy atom. The zero-order valence-corrected chi connectivity index (χ0v) is 15.3. The molecular formula is C19H21F3O3S. The Labute approximate surface area is 154 Å². The van der Waals surface area contributed by atoms with Crippen LogP contribution in [0.25, 0.3) is 10.8 Å². The van der Waals surface area contributed by atoms with Crippen LogP contribution in [0.4, 0.5) is 13.2 Å². The lowest BCUT2D eigenvalue weighted by atomic mass is 10.1. The van der Waals surface area contributed by atoms with Crippen LogP contribution in [0.2, 0.25) is 0 Å². The molecule has 0 saturated carbocycles. The highest BCUT2D eigenvalue weighted by Gasteiger charge is 2.30. The topological polar surface area (TPSA) is 35.5 Å². The van der Waals surface area contributed by atoms with Gasteiger partial charge >= 0.3 is 6.18 Å². The molecular weight excluding hydrogens is 365 g/mol. The fourth-order valence-corrected chi connectivity index (χ4v) is 3.61. The van der Waals surface area contributed by atoms with Crippen molar-refractivity contribution in [3.8, 4) is 5.75 Å². The molecule has 0 spiro atoms. The Morgan fingerprint density at radius 2 is 1.92 bits per heavy atom. The molecule has 0 atom stereocenters. The van der Waals surface area contributed by atoms with Crippen LogP contribution in [0.5, 0.6) is 5.75 Å². The Hall–Kier alpha value is -1.73. The molecule has 0 aliphatic carbocycles. The van der Waals surface area contributed by atoms with Crippen molar-refractivity contribution in [1.82, 2.24) is 0 Å². The highest BCUT2D eigenvalue weighted by molar-refractivity contribution is 7.99. The summed E-state index contributed by atoms with van der Waals surface area (Å²) >= 11 is 1.58. The molecule has 0 aliphatic heterocycles. The summed E-state index contributed by atoms with van der Waals surface area (Å²) in [6.45, 7) is 0.0280. The first-order chi connectivity index (χ1) is 12.5. The number of carbonyl (C=O) groups excluding carboxylic acids is 1. The number of benzene rings is 2. The van der Waals surface area contributed by atoms with E-state index < -0.39 is 11.7 Å². The molecule has 2 aromatic carbocycles. The summed E-state index contributed by atoms with van der Waals surface area (Å²) in [6.07, 6.45) is -0.171. The van der Waals surface area contributed by atoms with Gasteiger partial charge in [-0.15, -0.1) is 11.8 Å². The highest BCUT2D eigenvalue weighted by Crippen LogP contribution is 2.37. The molecule has 2 rings (SSSR count). The molecule has 0 N–H and O–H groups in total. The number of hydrogen-bond acceptors (Lipinski definition) is 4. The van der Waals surface area contributed by atoms with Crippen LogP contribution >= 0.6 is 11.8 Å². The quantitative estimate of drug-likeness (QED) is 0.227. The number of fused-ring (bicyclic) bond motifs is 1. The summed E-state index contributed by atoms with van der Waals surface area (Å²) in [6, 6.07) is 7.17. The van der Waals surface area contributed by atoms with Gasteiger partial charge in [0.2, 0.25) is 0 Å². The van der Waals surface area contributed by atoms with Crippen molar-refractivity contribution in [2.24, 2.45) is 0 Å². The van der Waals surface area contributed by atoms with E-state index in [4.69, 9.17) is 9.47 Å². The van der Waals surface area contributed by atoms with Gasteiger partial charge in [0.15, 0.2) is 6.79 Å². The minimum atomic E-state index is -4.39. The molecule has 0 amide bonds. The number of hydrogen-bond donors (Lipinski definition) is 0.